The van der Waals surface area contributed by atoms with Gasteiger partial charge in [-0.05, 0) is 0 Å². The molecule has 0 aliphatic carbocycles. The van der Waals surface area contributed by atoms with E-state index in [2.05, 4.69) is 28.6 Å². The van der Waals surface area contributed by atoms with Crippen LogP contribution in [0.5, 0.6) is 0 Å². The number of H-pyrrole nitrogens is 1. The summed E-state index contributed by atoms with van der Waals surface area (Å²) in [7, 11) is 3.79. The molecule has 4 nitrogen and oxygen atoms in total. The normalized spacial score (nSPS) is 10.2. The van der Waals surface area contributed by atoms with Gasteiger partial charge in [-0.15, -0.1) is 0 Å². The van der Waals surface area contributed by atoms with E-state index in [4.69, 9.17) is 0 Å². The van der Waals surface area contributed by atoms with Gasteiger partial charge in [-0.2, -0.15) is 0 Å². The Labute approximate surface area is 68.7 Å². The van der Waals surface area contributed by atoms with Crippen LogP contribution in [0.4, 0.5) is 5.82 Å². The molecule has 2 rings (SSSR count). The van der Waals surface area contributed by atoms with Crippen LogP contribution in [0.25, 0.3) is 14.9 Å². The molecular formula is C5H4N4PS+. The molecule has 6 heteroatoms. The van der Waals surface area contributed by atoms with Crippen molar-refractivity contribution in [2.45, 2.75) is 6.92 Å². The van der Waals surface area contributed by atoms with E-state index in [0.717, 1.165) is 15.4 Å². The molecular weight excluding hydrogens is 179 g/mol. The van der Waals surface area contributed by atoms with E-state index in [1.54, 1.807) is 11.3 Å². The Morgan fingerprint density at radius 2 is 2.45 bits per heavy atom. The summed E-state index contributed by atoms with van der Waals surface area (Å²) >= 11 is 1.56. The van der Waals surface area contributed by atoms with Crippen molar-refractivity contribution in [3.05, 3.63) is 9.59 Å². The summed E-state index contributed by atoms with van der Waals surface area (Å²) in [5, 5.41) is 7.66. The number of aromatic amines is 1. The molecule has 0 aromatic carbocycles. The number of rotatable bonds is 0. The Hall–Kier alpha value is -0.760. The first-order valence-corrected chi connectivity index (χ1v) is 4.19. The van der Waals surface area contributed by atoms with Gasteiger partial charge >= 0.3 is 68.1 Å². The van der Waals surface area contributed by atoms with Crippen LogP contribution in [0.1, 0.15) is 5.01 Å². The first-order chi connectivity index (χ1) is 5.31. The fourth-order valence-corrected chi connectivity index (χ4v) is 1.88. The Morgan fingerprint density at radius 3 is 3.18 bits per heavy atom. The summed E-state index contributed by atoms with van der Waals surface area (Å²) < 4.78 is 4.69. The van der Waals surface area contributed by atoms with Crippen LogP contribution < -0.4 is 0 Å². The zero-order valence-corrected chi connectivity index (χ0v) is 7.41. The number of nitrogens with zero attached hydrogens (tertiary/aromatic N) is 3. The summed E-state index contributed by atoms with van der Waals surface area (Å²) in [6.45, 7) is 1.94. The van der Waals surface area contributed by atoms with Crippen molar-refractivity contribution < 1.29 is 0 Å². The van der Waals surface area contributed by atoms with Gasteiger partial charge in [-0.25, -0.2) is 0 Å². The van der Waals surface area contributed by atoms with Crippen molar-refractivity contribution >= 4 is 36.4 Å². The van der Waals surface area contributed by atoms with Gasteiger partial charge in [0.05, 0.1) is 0 Å². The van der Waals surface area contributed by atoms with E-state index in [-0.39, 0.29) is 0 Å². The third-order valence-electron chi connectivity index (χ3n) is 1.30. The zero-order valence-electron chi connectivity index (χ0n) is 5.70. The third kappa shape index (κ3) is 0.979. The van der Waals surface area contributed by atoms with Crippen molar-refractivity contribution in [1.29, 1.82) is 0 Å². The van der Waals surface area contributed by atoms with E-state index < -0.39 is 0 Å². The number of aryl methyl sites for hydroxylation is 1. The van der Waals surface area contributed by atoms with E-state index in [9.17, 15) is 0 Å². The topological polar surface area (TPSA) is 45.9 Å². The molecule has 0 fully saturated rings. The minimum absolute atomic E-state index is 0.689. The second-order valence-electron chi connectivity index (χ2n) is 2.06. The molecule has 0 atom stereocenters. The van der Waals surface area contributed by atoms with Crippen LogP contribution in [0.2, 0.25) is 0 Å². The number of hydrogen-bond acceptors (Lipinski definition) is 3. The van der Waals surface area contributed by atoms with Crippen LogP contribution in [0, 0.1) is 6.92 Å². The Balaban J connectivity index is 2.86. The molecule has 0 aliphatic rings. The van der Waals surface area contributed by atoms with Gasteiger partial charge in [0.15, 0.2) is 0 Å². The first kappa shape index (κ1) is 6.92. The standard InChI is InChI=1S/C5H4N4PS/c1-2-6-4-3(11-2)5(9-10)8-7-4/h1H3,(H,7,8)/q+1. The molecule has 0 aliphatic heterocycles. The van der Waals surface area contributed by atoms with Crippen LogP contribution in [0.15, 0.2) is 0 Å². The quantitative estimate of drug-likeness (QED) is 0.638. The third-order valence-corrected chi connectivity index (χ3v) is 2.47. The summed E-state index contributed by atoms with van der Waals surface area (Å²) in [5.74, 6) is 0.689. The van der Waals surface area contributed by atoms with Gasteiger partial charge in [0.2, 0.25) is 0 Å². The SMILES string of the molecule is Cc1nc2n[nH]c([N+]#P)c2s1. The van der Waals surface area contributed by atoms with Gasteiger partial charge in [-0.1, -0.05) is 0 Å². The van der Waals surface area contributed by atoms with Crippen LogP contribution >= 0.6 is 20.2 Å². The molecule has 0 bridgehead atoms. The minimum atomic E-state index is 0.689. The fraction of sp³-hybridized carbons (Fsp3) is 0.200. The number of thiazole rings is 1. The molecule has 0 spiro atoms. The summed E-state index contributed by atoms with van der Waals surface area (Å²) in [6, 6.07) is 0. The van der Waals surface area contributed by atoms with E-state index >= 15 is 0 Å². The Bertz CT molecular complexity index is 437. The second kappa shape index (κ2) is 2.38. The van der Waals surface area contributed by atoms with Crippen molar-refractivity contribution in [1.82, 2.24) is 15.2 Å². The predicted molar refractivity (Wildman–Crippen MR) is 46.4 cm³/mol. The van der Waals surface area contributed by atoms with Crippen LogP contribution in [-0.4, -0.2) is 15.2 Å². The molecule has 11 heavy (non-hydrogen) atoms. The molecule has 2 heterocycles. The summed E-state index contributed by atoms with van der Waals surface area (Å²) in [6.07, 6.45) is 0. The van der Waals surface area contributed by atoms with E-state index in [1.165, 1.54) is 0 Å². The first-order valence-electron chi connectivity index (χ1n) is 2.98. The van der Waals surface area contributed by atoms with Gasteiger partial charge in [0, 0.05) is 0 Å². The van der Waals surface area contributed by atoms with E-state index in [1.807, 2.05) is 6.92 Å². The molecule has 2 aromatic rings. The van der Waals surface area contributed by atoms with Crippen molar-refractivity contribution in [2.75, 3.05) is 0 Å². The van der Waals surface area contributed by atoms with Crippen LogP contribution in [-0.2, 0) is 0 Å². The Kier molecular flexibility index (Phi) is 1.50. The summed E-state index contributed by atoms with van der Waals surface area (Å²) in [4.78, 5) is 4.16. The number of nitrogens with one attached hydrogen (secondary N) is 1. The maximum atomic E-state index is 4.16. The number of aromatic nitrogens is 3. The molecule has 2 aromatic heterocycles. The fourth-order valence-electron chi connectivity index (χ4n) is 0.871. The van der Waals surface area contributed by atoms with Crippen LogP contribution in [0.3, 0.4) is 0 Å². The molecule has 0 radical (unpaired) electrons. The molecule has 0 saturated carbocycles. The maximum absolute atomic E-state index is 4.16. The second-order valence-corrected chi connectivity index (χ2v) is 3.46. The monoisotopic (exact) mass is 183 g/mol. The van der Waals surface area contributed by atoms with Gasteiger partial charge in [0.25, 0.3) is 0 Å². The van der Waals surface area contributed by atoms with Gasteiger partial charge < -0.3 is 0 Å². The van der Waals surface area contributed by atoms with Crippen molar-refractivity contribution in [2.24, 2.45) is 0 Å². The van der Waals surface area contributed by atoms with Crippen molar-refractivity contribution in [3.8, 4) is 0 Å². The number of hydrogen-bond donors (Lipinski definition) is 1. The van der Waals surface area contributed by atoms with Gasteiger partial charge in [-0.3, -0.25) is 0 Å². The number of fused-ring (bicyclic) bond motifs is 1. The predicted octanol–water partition coefficient (Wildman–Crippen LogP) is 2.66. The summed E-state index contributed by atoms with van der Waals surface area (Å²) in [5.41, 5.74) is 0.723. The van der Waals surface area contributed by atoms with Crippen molar-refractivity contribution in [3.63, 3.8) is 0 Å². The Morgan fingerprint density at radius 1 is 1.64 bits per heavy atom. The molecule has 1 N–H and O–H groups in total. The molecule has 54 valence electrons. The van der Waals surface area contributed by atoms with Gasteiger partial charge in [0.1, 0.15) is 0 Å². The molecule has 0 saturated heterocycles. The van der Waals surface area contributed by atoms with E-state index in [0.29, 0.717) is 5.82 Å². The average molecular weight is 183 g/mol. The zero-order chi connectivity index (χ0) is 7.84. The average Bonchev–Trinajstić information content (AvgIpc) is 2.45. The molecule has 0 unspecified atom stereocenters. The molecule has 0 amide bonds.